The number of rotatable bonds is 24. The van der Waals surface area contributed by atoms with Crippen LogP contribution in [0.1, 0.15) is 139 Å². The Morgan fingerprint density at radius 2 is 0.716 bits per heavy atom. The number of aryl methyl sites for hydroxylation is 6. The Morgan fingerprint density at radius 3 is 1.07 bits per heavy atom. The van der Waals surface area contributed by atoms with Crippen LogP contribution in [0.2, 0.25) is 25.7 Å². The molecule has 2 unspecified atom stereocenters. The van der Waals surface area contributed by atoms with Crippen molar-refractivity contribution in [1.29, 1.82) is 0 Å². The van der Waals surface area contributed by atoms with Crippen LogP contribution in [0, 0.1) is 55.1 Å². The summed E-state index contributed by atoms with van der Waals surface area (Å²) in [5, 5.41) is 16.6. The van der Waals surface area contributed by atoms with E-state index in [1.54, 1.807) is 38.1 Å². The topological polar surface area (TPSA) is 431 Å². The van der Waals surface area contributed by atoms with Crippen molar-refractivity contribution >= 4 is 179 Å². The SMILES string of the molecule is [2H]C1Oc2cc(C)c(CC(=O)c3sccc3S(=O)(=O)N([2H])c3onc(C([2H])([2H])[2H])c3Cl)cc2O1.[2H]N(c1onc(C([2H])([2H])[2H])c1Cl)S(=O)(=O)c1ccsc1C(=O)Cc1cc2c(cc1C)OCO2.[2H]c1c2c(c([2H])c(C([2H])([2H])C(=O)c3sccc3S(=O)(=O)N([2H])c3onc(C)c3Cl)c1C([2H])([2H])[2H])OC([2H])([2H])O2.[2H]c1c2c(c([2H])c(C([2H])([2H])C(=O)c3sccc3S(=O)(=O)N([2H])c3onc(C)c3Cl)c1C([2H])([2H])[2H])OC([2H])O2. The van der Waals surface area contributed by atoms with Crippen molar-refractivity contribution in [2.75, 3.05) is 45.9 Å². The number of nitrogens with zero attached hydrogens (tertiary/aromatic N) is 4. The highest BCUT2D eigenvalue weighted by Crippen LogP contribution is 2.42. The van der Waals surface area contributed by atoms with Crippen LogP contribution in [0.15, 0.2) is 132 Å². The predicted octanol–water partition coefficient (Wildman–Crippen LogP) is 15.8. The van der Waals surface area contributed by atoms with Gasteiger partial charge in [-0.15, -0.1) is 45.3 Å². The molecule has 4 N–H and O–H groups in total. The molecule has 0 amide bonds. The third kappa shape index (κ3) is 18.1. The highest BCUT2D eigenvalue weighted by molar-refractivity contribution is 7.94. The van der Waals surface area contributed by atoms with Crippen LogP contribution < -0.4 is 56.8 Å². The number of aromatic nitrogens is 4. The Kier molecular flexibility index (Phi) is 16.1. The summed E-state index contributed by atoms with van der Waals surface area (Å²) in [6, 6.07) is 6.74. The van der Waals surface area contributed by atoms with Gasteiger partial charge in [-0.05, 0) is 194 Å². The van der Waals surface area contributed by atoms with E-state index in [9.17, 15) is 52.8 Å². The Hall–Kier alpha value is -10.2. The Bertz CT molecular complexity index is 7700. The number of ether oxygens (including phenoxy) is 8. The number of sulfonamides is 4. The lowest BCUT2D eigenvalue weighted by Gasteiger charge is -2.09. The highest BCUT2D eigenvalue weighted by atomic mass is 35.5. The minimum Gasteiger partial charge on any atom is -0.454 e. The summed E-state index contributed by atoms with van der Waals surface area (Å²) >= 11 is 26.4. The number of benzene rings is 4. The molecule has 4 aliphatic rings. The number of ketones is 4. The van der Waals surface area contributed by atoms with Crippen LogP contribution in [0.25, 0.3) is 0 Å². The second-order valence-electron chi connectivity index (χ2n) is 23.0. The number of fused-ring (bicyclic) bond motifs is 4. The number of halogens is 4. The molecule has 32 nitrogen and oxygen atoms in total. The molecule has 4 aromatic carbocycles. The highest BCUT2D eigenvalue weighted by Gasteiger charge is 2.34. The van der Waals surface area contributed by atoms with E-state index in [0.717, 1.165) is 57.2 Å². The first-order valence-corrected chi connectivity index (χ1v) is 42.1. The summed E-state index contributed by atoms with van der Waals surface area (Å²) < 4.78 is 385. The first kappa shape index (κ1) is 54.6. The zero-order valence-corrected chi connectivity index (χ0v) is 67.4. The quantitative estimate of drug-likeness (QED) is 0.0408. The lowest BCUT2D eigenvalue weighted by molar-refractivity contribution is 0.0985. The van der Waals surface area contributed by atoms with E-state index in [4.69, 9.17) is 141 Å². The normalized spacial score (nSPS) is 18.8. The van der Waals surface area contributed by atoms with Crippen LogP contribution in [0.3, 0.4) is 0 Å². The van der Waals surface area contributed by atoms with Crippen molar-refractivity contribution in [2.24, 2.45) is 0 Å². The van der Waals surface area contributed by atoms with Crippen LogP contribution >= 0.6 is 91.8 Å². The molecule has 44 heteroatoms. The van der Waals surface area contributed by atoms with E-state index in [0.29, 0.717) is 62.4 Å². The number of hydrogen-bond donors (Lipinski definition) is 4. The summed E-state index contributed by atoms with van der Waals surface area (Å²) in [6.45, 7) is -11.6. The largest absolute Gasteiger partial charge is 0.454 e. The average molecular weight is 1850 g/mol. The molecule has 0 aliphatic carbocycles. The first-order valence-electron chi connectivity index (χ1n) is 45.3. The summed E-state index contributed by atoms with van der Waals surface area (Å²) in [7, 11) is -19.2. The van der Waals surface area contributed by atoms with Gasteiger partial charge in [-0.3, -0.25) is 19.2 Å². The summed E-state index contributed by atoms with van der Waals surface area (Å²) in [6.07, 6.45) is -7.15. The number of carbonyl (C=O) groups is 4. The molecule has 8 aromatic heterocycles. The molecule has 4 aliphatic heterocycles. The molecule has 12 heterocycles. The molecular weight excluding hydrogens is 1760 g/mol. The van der Waals surface area contributed by atoms with Crippen LogP contribution in [0.5, 0.6) is 46.0 Å². The summed E-state index contributed by atoms with van der Waals surface area (Å²) in [4.78, 5) is 48.8. The van der Waals surface area contributed by atoms with Crippen molar-refractivity contribution in [3.8, 4) is 46.0 Å². The standard InChI is InChI=1S/4C18H15ClN2O6S2/c4*1-9-5-13-14(26-8-25-13)7-11(9)6-12(22)17-15(3-4-28-17)29(23,24)21-18-16(19)10(2)20-27-18/h4*3-5,7,21H,6,8H2,1-2H3/i1D3,5D,6D2,7D,8D2;1D3,5D,6D2,7D,8D;2D3,8D;2D3/hD4. The van der Waals surface area contributed by atoms with Gasteiger partial charge < -0.3 is 56.0 Å². The van der Waals surface area contributed by atoms with Gasteiger partial charge in [0.1, 0.15) is 67.9 Å². The number of carbonyl (C=O) groups excluding carboxylic acids is 4. The maximum absolute atomic E-state index is 13.6. The monoisotopic (exact) mass is 1840 g/mol. The molecule has 0 saturated heterocycles. The molecule has 16 rings (SSSR count). The van der Waals surface area contributed by atoms with Crippen molar-refractivity contribution < 1.29 is 147 Å². The minimum absolute atomic E-state index is 0.0654. The number of anilines is 4. The molecule has 12 aromatic rings. The number of Topliss-reactive ketones (excluding diaryl/α,β-unsaturated/α-hetero) is 4. The van der Waals surface area contributed by atoms with E-state index in [2.05, 4.69) is 20.6 Å². The van der Waals surface area contributed by atoms with Gasteiger partial charge in [0.05, 0.1) is 25.0 Å². The lowest BCUT2D eigenvalue weighted by Crippen LogP contribution is -2.16. The molecule has 0 fully saturated rings. The Balaban J connectivity index is 0.000000161. The smallest absolute Gasteiger partial charge is 0.265 e. The Morgan fingerprint density at radius 1 is 0.414 bits per heavy atom. The second-order valence-corrected chi connectivity index (χ2v) is 34.5. The van der Waals surface area contributed by atoms with E-state index < -0.39 is 267 Å². The zero-order valence-electron chi connectivity index (χ0n) is 85.9. The molecule has 2 atom stereocenters. The zero-order chi connectivity index (χ0) is 107. The summed E-state index contributed by atoms with van der Waals surface area (Å²) in [5.74, 6) is -8.26. The predicted molar refractivity (Wildman–Crippen MR) is 427 cm³/mol. The van der Waals surface area contributed by atoms with Crippen molar-refractivity contribution in [1.82, 2.24) is 20.6 Å². The van der Waals surface area contributed by atoms with E-state index in [1.165, 1.54) is 30.7 Å². The molecule has 0 saturated carbocycles. The van der Waals surface area contributed by atoms with Gasteiger partial charge in [0.2, 0.25) is 27.1 Å². The van der Waals surface area contributed by atoms with Gasteiger partial charge in [0.15, 0.2) is 74.8 Å². The molecule has 0 bridgehead atoms. The van der Waals surface area contributed by atoms with Crippen molar-refractivity contribution in [3.05, 3.63) is 201 Å². The van der Waals surface area contributed by atoms with Crippen molar-refractivity contribution in [3.63, 3.8) is 0 Å². The molecular formula is C72H60Cl4N8O24S8. The second kappa shape index (κ2) is 34.1. The van der Waals surface area contributed by atoms with E-state index >= 15 is 0 Å². The van der Waals surface area contributed by atoms with Gasteiger partial charge in [-0.25, -0.2) is 52.5 Å². The van der Waals surface area contributed by atoms with Gasteiger partial charge >= 0.3 is 0 Å². The molecule has 0 spiro atoms. The van der Waals surface area contributed by atoms with Crippen LogP contribution in [0.4, 0.5) is 23.5 Å². The first-order chi connectivity index (χ1) is 66.4. The summed E-state index contributed by atoms with van der Waals surface area (Å²) in [5.41, 5.74) is -3.00. The molecule has 608 valence electrons. The molecule has 0 radical (unpaired) electrons. The maximum Gasteiger partial charge on any atom is 0.265 e. The lowest BCUT2D eigenvalue weighted by atomic mass is 10.0. The van der Waals surface area contributed by atoms with E-state index in [-0.39, 0.29) is 69.7 Å². The average Bonchev–Trinajstić information content (AvgIpc) is 1.49. The van der Waals surface area contributed by atoms with Crippen LogP contribution in [-0.2, 0) is 65.7 Å². The fourth-order valence-electron chi connectivity index (χ4n) is 9.82. The van der Waals surface area contributed by atoms with Gasteiger partial charge in [-0.1, -0.05) is 67.0 Å². The maximum atomic E-state index is 13.6. The molecule has 116 heavy (non-hydrogen) atoms. The van der Waals surface area contributed by atoms with Crippen molar-refractivity contribution in [2.45, 2.75) is 100 Å². The van der Waals surface area contributed by atoms with E-state index in [1.807, 2.05) is 0 Å². The number of hydrogen-bond acceptors (Lipinski definition) is 32. The number of nitrogens with one attached hydrogen (secondary N) is 4. The third-order valence-corrected chi connectivity index (χ3v) is 26.4. The minimum atomic E-state index is -4.94. The van der Waals surface area contributed by atoms with Crippen LogP contribution in [-0.4, -0.2) is 105 Å². The van der Waals surface area contributed by atoms with Gasteiger partial charge in [-0.2, -0.15) is 0 Å². The van der Waals surface area contributed by atoms with Gasteiger partial charge in [0.25, 0.3) is 63.6 Å². The fourth-order valence-corrected chi connectivity index (χ4v) is 19.5. The third-order valence-electron chi connectivity index (χ3n) is 15.4. The fraction of sp³-hybridized carbons (Fsp3) is 0.222. The van der Waals surface area contributed by atoms with Gasteiger partial charge in [0, 0.05) is 47.5 Å². The number of thiophene rings is 4. The Labute approximate surface area is 735 Å².